The maximum Gasteiger partial charge on any atom is 0.420 e. The minimum Gasteiger partial charge on any atom is -0.342 e. The normalized spacial score (nSPS) is 17.5. The molecule has 160 valence electrons. The van der Waals surface area contributed by atoms with E-state index in [-0.39, 0.29) is 11.3 Å². The number of pyridine rings is 1. The summed E-state index contributed by atoms with van der Waals surface area (Å²) in [5.41, 5.74) is -3.68. The topological polar surface area (TPSA) is 76.9 Å². The number of alkyl halides is 5. The van der Waals surface area contributed by atoms with Crippen LogP contribution in [-0.2, 0) is 19.6 Å². The van der Waals surface area contributed by atoms with Crippen LogP contribution in [0.3, 0.4) is 0 Å². The Morgan fingerprint density at radius 2 is 2.00 bits per heavy atom. The predicted molar refractivity (Wildman–Crippen MR) is 91.4 cm³/mol. The van der Waals surface area contributed by atoms with Crippen molar-refractivity contribution < 1.29 is 35.9 Å². The Kier molecular flexibility index (Phi) is 5.21. The van der Waals surface area contributed by atoms with E-state index >= 15 is 0 Å². The van der Waals surface area contributed by atoms with Crippen LogP contribution in [-0.4, -0.2) is 38.4 Å². The smallest absolute Gasteiger partial charge is 0.342 e. The molecule has 1 amide bonds. The van der Waals surface area contributed by atoms with Gasteiger partial charge in [0.05, 0.1) is 6.04 Å². The van der Waals surface area contributed by atoms with Gasteiger partial charge in [-0.2, -0.15) is 18.3 Å². The third-order valence-electron chi connectivity index (χ3n) is 4.40. The maximum atomic E-state index is 13.4. The zero-order chi connectivity index (χ0) is 22.4. The SMILES string of the molecule is C=C(F)c1nn(C)c(C(=O)Cc2ccnc(C(=O)NC3CC3(F)F)c2)c1C(F)(F)F. The van der Waals surface area contributed by atoms with Gasteiger partial charge in [0.1, 0.15) is 28.5 Å². The van der Waals surface area contributed by atoms with Crippen molar-refractivity contribution in [2.75, 3.05) is 0 Å². The van der Waals surface area contributed by atoms with E-state index in [2.05, 4.69) is 22.0 Å². The second-order valence-electron chi connectivity index (χ2n) is 6.74. The number of carbonyl (C=O) groups is 2. The number of ketones is 1. The van der Waals surface area contributed by atoms with Crippen LogP contribution in [0.2, 0.25) is 0 Å². The molecular weight excluding hydrogens is 418 g/mol. The van der Waals surface area contributed by atoms with Crippen LogP contribution in [0.5, 0.6) is 0 Å². The van der Waals surface area contributed by atoms with E-state index < -0.39 is 65.5 Å². The molecule has 1 aliphatic carbocycles. The fourth-order valence-corrected chi connectivity index (χ4v) is 2.88. The number of aromatic nitrogens is 3. The van der Waals surface area contributed by atoms with Gasteiger partial charge in [-0.1, -0.05) is 6.58 Å². The molecule has 1 saturated carbocycles. The second-order valence-corrected chi connectivity index (χ2v) is 6.74. The first-order chi connectivity index (χ1) is 13.8. The summed E-state index contributed by atoms with van der Waals surface area (Å²) in [6.07, 6.45) is -5.04. The van der Waals surface area contributed by atoms with Gasteiger partial charge in [0.2, 0.25) is 0 Å². The van der Waals surface area contributed by atoms with Crippen molar-refractivity contribution in [2.24, 2.45) is 7.05 Å². The molecule has 6 nitrogen and oxygen atoms in total. The molecule has 0 bridgehead atoms. The van der Waals surface area contributed by atoms with Crippen molar-refractivity contribution in [1.82, 2.24) is 20.1 Å². The first-order valence-corrected chi connectivity index (χ1v) is 8.47. The second kappa shape index (κ2) is 7.26. The van der Waals surface area contributed by atoms with E-state index in [1.807, 2.05) is 0 Å². The van der Waals surface area contributed by atoms with E-state index in [1.54, 1.807) is 0 Å². The molecule has 0 radical (unpaired) electrons. The highest BCUT2D eigenvalue weighted by Gasteiger charge is 2.58. The van der Waals surface area contributed by atoms with Crippen LogP contribution in [0.1, 0.15) is 44.2 Å². The Morgan fingerprint density at radius 1 is 1.37 bits per heavy atom. The van der Waals surface area contributed by atoms with Crippen molar-refractivity contribution in [3.05, 3.63) is 53.1 Å². The lowest BCUT2D eigenvalue weighted by Gasteiger charge is -2.10. The molecule has 2 heterocycles. The number of nitrogens with zero attached hydrogens (tertiary/aromatic N) is 3. The number of amides is 1. The van der Waals surface area contributed by atoms with Crippen molar-refractivity contribution in [3.8, 4) is 0 Å². The van der Waals surface area contributed by atoms with Crippen LogP contribution in [0.15, 0.2) is 24.9 Å². The van der Waals surface area contributed by atoms with Gasteiger partial charge < -0.3 is 5.32 Å². The van der Waals surface area contributed by atoms with Gasteiger partial charge in [-0.15, -0.1) is 0 Å². The number of nitrogens with one attached hydrogen (secondary N) is 1. The Labute approximate surface area is 165 Å². The minimum absolute atomic E-state index is 0.109. The number of carbonyl (C=O) groups excluding carboxylic acids is 2. The van der Waals surface area contributed by atoms with Crippen LogP contribution in [0.4, 0.5) is 26.3 Å². The van der Waals surface area contributed by atoms with E-state index in [1.165, 1.54) is 6.07 Å². The van der Waals surface area contributed by atoms with Crippen molar-refractivity contribution in [3.63, 3.8) is 0 Å². The van der Waals surface area contributed by atoms with Crippen LogP contribution >= 0.6 is 0 Å². The van der Waals surface area contributed by atoms with Crippen molar-refractivity contribution in [1.29, 1.82) is 0 Å². The fourth-order valence-electron chi connectivity index (χ4n) is 2.88. The highest BCUT2D eigenvalue weighted by Crippen LogP contribution is 2.41. The first-order valence-electron chi connectivity index (χ1n) is 8.47. The maximum absolute atomic E-state index is 13.4. The van der Waals surface area contributed by atoms with Gasteiger partial charge in [0.15, 0.2) is 5.78 Å². The highest BCUT2D eigenvalue weighted by atomic mass is 19.4. The third-order valence-corrected chi connectivity index (χ3v) is 4.40. The van der Waals surface area contributed by atoms with Crippen molar-refractivity contribution in [2.45, 2.75) is 31.0 Å². The predicted octanol–water partition coefficient (Wildman–Crippen LogP) is 3.34. The molecule has 30 heavy (non-hydrogen) atoms. The molecule has 12 heteroatoms. The summed E-state index contributed by atoms with van der Waals surface area (Å²) >= 11 is 0. The molecule has 1 aliphatic rings. The molecule has 2 aromatic rings. The molecular formula is C18H14F6N4O2. The van der Waals surface area contributed by atoms with Crippen LogP contribution in [0, 0.1) is 0 Å². The summed E-state index contributed by atoms with van der Waals surface area (Å²) in [5.74, 6) is -6.39. The summed E-state index contributed by atoms with van der Waals surface area (Å²) < 4.78 is 80.1. The average molecular weight is 432 g/mol. The molecule has 1 unspecified atom stereocenters. The zero-order valence-corrected chi connectivity index (χ0v) is 15.4. The van der Waals surface area contributed by atoms with E-state index in [0.29, 0.717) is 4.68 Å². The molecule has 0 spiro atoms. The number of halogens is 6. The summed E-state index contributed by atoms with van der Waals surface area (Å²) in [7, 11) is 1.05. The van der Waals surface area contributed by atoms with Gasteiger partial charge in [-0.3, -0.25) is 19.3 Å². The molecule has 1 atom stereocenters. The quantitative estimate of drug-likeness (QED) is 0.561. The molecule has 2 aromatic heterocycles. The Bertz CT molecular complexity index is 1040. The minimum atomic E-state index is -5.07. The Balaban J connectivity index is 1.85. The summed E-state index contributed by atoms with van der Waals surface area (Å²) in [6, 6.07) is 1.07. The van der Waals surface area contributed by atoms with Gasteiger partial charge in [-0.25, -0.2) is 13.2 Å². The standard InChI is InChI=1S/C18H14F6N4O2/c1-8(19)14-13(18(22,23)24)15(28(2)27-14)11(29)6-9-3-4-25-10(5-9)16(30)26-12-7-17(12,20)21/h3-5,12H,1,6-7H2,2H3,(H,26,30). The van der Waals surface area contributed by atoms with Gasteiger partial charge in [0.25, 0.3) is 11.8 Å². The van der Waals surface area contributed by atoms with Gasteiger partial charge in [0, 0.05) is 26.1 Å². The summed E-state index contributed by atoms with van der Waals surface area (Å²) in [4.78, 5) is 28.3. The highest BCUT2D eigenvalue weighted by molar-refractivity contribution is 5.99. The van der Waals surface area contributed by atoms with E-state index in [4.69, 9.17) is 0 Å². The van der Waals surface area contributed by atoms with Gasteiger partial charge >= 0.3 is 6.18 Å². The van der Waals surface area contributed by atoms with E-state index in [0.717, 1.165) is 19.3 Å². The lowest BCUT2D eigenvalue weighted by atomic mass is 10.0. The zero-order valence-electron chi connectivity index (χ0n) is 15.4. The molecule has 0 saturated heterocycles. The fraction of sp³-hybridized carbons (Fsp3) is 0.333. The monoisotopic (exact) mass is 432 g/mol. The molecule has 0 aromatic carbocycles. The molecule has 1 fully saturated rings. The van der Waals surface area contributed by atoms with E-state index in [9.17, 15) is 35.9 Å². The number of hydrogen-bond donors (Lipinski definition) is 1. The number of hydrogen-bond acceptors (Lipinski definition) is 4. The third kappa shape index (κ3) is 4.21. The summed E-state index contributed by atoms with van der Waals surface area (Å²) in [5, 5.41) is 5.47. The molecule has 1 N–H and O–H groups in total. The Morgan fingerprint density at radius 3 is 2.53 bits per heavy atom. The summed E-state index contributed by atoms with van der Waals surface area (Å²) in [6.45, 7) is 2.81. The average Bonchev–Trinajstić information content (AvgIpc) is 3.05. The molecule has 3 rings (SSSR count). The van der Waals surface area contributed by atoms with Crippen LogP contribution < -0.4 is 5.32 Å². The largest absolute Gasteiger partial charge is 0.420 e. The van der Waals surface area contributed by atoms with Gasteiger partial charge in [-0.05, 0) is 17.7 Å². The Hall–Kier alpha value is -3.18. The number of Topliss-reactive ketones (excluding diaryl/α,β-unsaturated/α-hetero) is 1. The molecule has 0 aliphatic heterocycles. The first kappa shape index (κ1) is 21.5. The lowest BCUT2D eigenvalue weighted by Crippen LogP contribution is -2.30. The lowest BCUT2D eigenvalue weighted by molar-refractivity contribution is -0.138. The van der Waals surface area contributed by atoms with Crippen molar-refractivity contribution >= 4 is 17.5 Å². The number of rotatable bonds is 6. The number of aryl methyl sites for hydroxylation is 1. The van der Waals surface area contributed by atoms with Crippen LogP contribution in [0.25, 0.3) is 5.83 Å².